The first kappa shape index (κ1) is 20.0. The number of anilines is 1. The minimum absolute atomic E-state index is 0.163. The number of thiophene rings is 1. The summed E-state index contributed by atoms with van der Waals surface area (Å²) < 4.78 is 8.02. The highest BCUT2D eigenvalue weighted by Crippen LogP contribution is 2.17. The predicted molar refractivity (Wildman–Crippen MR) is 111 cm³/mol. The average Bonchev–Trinajstić information content (AvgIpc) is 3.14. The molecule has 0 bridgehead atoms. The zero-order valence-corrected chi connectivity index (χ0v) is 17.0. The molecular weight excluding hydrogens is 378 g/mol. The first-order valence-corrected chi connectivity index (χ1v) is 9.87. The van der Waals surface area contributed by atoms with Crippen LogP contribution in [0.4, 0.5) is 5.69 Å². The maximum absolute atomic E-state index is 12.9. The summed E-state index contributed by atoms with van der Waals surface area (Å²) >= 11 is 1.27. The van der Waals surface area contributed by atoms with Gasteiger partial charge in [-0.05, 0) is 43.3 Å². The highest BCUT2D eigenvalue weighted by Gasteiger charge is 2.16. The molecule has 3 aromatic rings. The number of aryl methyl sites for hydroxylation is 2. The number of methoxy groups -OCH3 is 1. The fraction of sp³-hybridized carbons (Fsp3) is 0.350. The second kappa shape index (κ2) is 8.53. The minimum Gasteiger partial charge on any atom is -0.385 e. The molecule has 28 heavy (non-hydrogen) atoms. The number of nitrogens with one attached hydrogen (secondary N) is 1. The Bertz CT molecular complexity index is 1130. The van der Waals surface area contributed by atoms with Crippen LogP contribution in [0, 0.1) is 13.8 Å². The van der Waals surface area contributed by atoms with Gasteiger partial charge in [-0.3, -0.25) is 18.7 Å². The summed E-state index contributed by atoms with van der Waals surface area (Å²) in [6.45, 7) is 4.43. The van der Waals surface area contributed by atoms with Gasteiger partial charge in [0.25, 0.3) is 5.56 Å². The topological polar surface area (TPSA) is 82.3 Å². The number of hydrogen-bond acceptors (Lipinski definition) is 5. The molecule has 1 aromatic carbocycles. The van der Waals surface area contributed by atoms with Crippen molar-refractivity contribution in [2.24, 2.45) is 0 Å². The molecule has 0 aliphatic carbocycles. The van der Waals surface area contributed by atoms with Crippen molar-refractivity contribution < 1.29 is 9.53 Å². The van der Waals surface area contributed by atoms with E-state index in [9.17, 15) is 14.4 Å². The molecule has 0 radical (unpaired) electrons. The molecule has 0 atom stereocenters. The summed E-state index contributed by atoms with van der Waals surface area (Å²) in [6.07, 6.45) is 0.539. The van der Waals surface area contributed by atoms with Crippen LogP contribution in [0.2, 0.25) is 0 Å². The lowest BCUT2D eigenvalue weighted by Gasteiger charge is -2.13. The van der Waals surface area contributed by atoms with Crippen LogP contribution in [-0.2, 0) is 22.6 Å². The van der Waals surface area contributed by atoms with E-state index in [4.69, 9.17) is 4.74 Å². The van der Waals surface area contributed by atoms with E-state index in [0.717, 1.165) is 11.1 Å². The van der Waals surface area contributed by atoms with Gasteiger partial charge in [-0.1, -0.05) is 17.7 Å². The maximum Gasteiger partial charge on any atom is 0.332 e. The van der Waals surface area contributed by atoms with E-state index in [2.05, 4.69) is 5.32 Å². The van der Waals surface area contributed by atoms with E-state index in [-0.39, 0.29) is 24.6 Å². The Morgan fingerprint density at radius 2 is 1.96 bits per heavy atom. The number of nitrogens with zero attached hydrogens (tertiary/aromatic N) is 2. The molecule has 0 saturated carbocycles. The van der Waals surface area contributed by atoms with E-state index in [1.807, 2.05) is 32.0 Å². The first-order chi connectivity index (χ1) is 13.4. The fourth-order valence-electron chi connectivity index (χ4n) is 3.14. The molecule has 1 amide bonds. The van der Waals surface area contributed by atoms with Crippen molar-refractivity contribution in [3.63, 3.8) is 0 Å². The number of benzene rings is 1. The first-order valence-electron chi connectivity index (χ1n) is 8.99. The number of fused-ring (bicyclic) bond motifs is 1. The number of carbonyl (C=O) groups is 1. The second-order valence-corrected chi connectivity index (χ2v) is 7.59. The quantitative estimate of drug-likeness (QED) is 0.617. The Balaban J connectivity index is 1.93. The Labute approximate surface area is 166 Å². The van der Waals surface area contributed by atoms with Crippen LogP contribution in [-0.4, -0.2) is 28.8 Å². The molecule has 0 aliphatic heterocycles. The fourth-order valence-corrected chi connectivity index (χ4v) is 3.98. The Morgan fingerprint density at radius 1 is 1.18 bits per heavy atom. The van der Waals surface area contributed by atoms with E-state index >= 15 is 0 Å². The Hall–Kier alpha value is -2.71. The lowest BCUT2D eigenvalue weighted by molar-refractivity contribution is -0.116. The molecule has 2 aromatic heterocycles. The standard InChI is InChI=1S/C20H23N3O4S/c1-13-5-6-15(14(2)11-13)21-17(24)12-23-16-7-10-28-18(16)19(25)22(20(23)26)8-4-9-27-3/h5-7,10-11H,4,8-9,12H2,1-3H3,(H,21,24). The Kier molecular flexibility index (Phi) is 6.11. The average molecular weight is 401 g/mol. The molecule has 2 heterocycles. The van der Waals surface area contributed by atoms with E-state index < -0.39 is 5.69 Å². The van der Waals surface area contributed by atoms with Crippen molar-refractivity contribution in [2.45, 2.75) is 33.4 Å². The molecule has 0 unspecified atom stereocenters. The van der Waals surface area contributed by atoms with Crippen LogP contribution in [0.3, 0.4) is 0 Å². The highest BCUT2D eigenvalue weighted by atomic mass is 32.1. The van der Waals surface area contributed by atoms with Crippen LogP contribution in [0.15, 0.2) is 39.2 Å². The molecule has 0 spiro atoms. The van der Waals surface area contributed by atoms with Gasteiger partial charge in [0.15, 0.2) is 0 Å². The number of aromatic nitrogens is 2. The largest absolute Gasteiger partial charge is 0.385 e. The second-order valence-electron chi connectivity index (χ2n) is 6.67. The third kappa shape index (κ3) is 4.07. The number of carbonyl (C=O) groups excluding carboxylic acids is 1. The third-order valence-electron chi connectivity index (χ3n) is 4.52. The van der Waals surface area contributed by atoms with Gasteiger partial charge < -0.3 is 10.1 Å². The zero-order chi connectivity index (χ0) is 20.3. The van der Waals surface area contributed by atoms with Crippen LogP contribution < -0.4 is 16.6 Å². The summed E-state index contributed by atoms with van der Waals surface area (Å²) in [5.41, 5.74) is 2.44. The lowest BCUT2D eigenvalue weighted by atomic mass is 10.1. The molecule has 7 nitrogen and oxygen atoms in total. The lowest BCUT2D eigenvalue weighted by Crippen LogP contribution is -2.41. The zero-order valence-electron chi connectivity index (χ0n) is 16.2. The van der Waals surface area contributed by atoms with Crippen molar-refractivity contribution in [3.05, 3.63) is 61.6 Å². The van der Waals surface area contributed by atoms with Gasteiger partial charge in [0.05, 0.1) is 5.52 Å². The Morgan fingerprint density at radius 3 is 2.68 bits per heavy atom. The SMILES string of the molecule is COCCCn1c(=O)c2sccc2n(CC(=O)Nc2ccc(C)cc2C)c1=O. The normalized spacial score (nSPS) is 11.1. The molecule has 8 heteroatoms. The summed E-state index contributed by atoms with van der Waals surface area (Å²) in [5.74, 6) is -0.316. The van der Waals surface area contributed by atoms with Gasteiger partial charge in [0, 0.05) is 25.9 Å². The number of amides is 1. The predicted octanol–water partition coefficient (Wildman–Crippen LogP) is 2.52. The van der Waals surface area contributed by atoms with E-state index in [1.54, 1.807) is 18.6 Å². The highest BCUT2D eigenvalue weighted by molar-refractivity contribution is 7.17. The molecule has 0 saturated heterocycles. The van der Waals surface area contributed by atoms with Crippen molar-refractivity contribution in [1.29, 1.82) is 0 Å². The minimum atomic E-state index is -0.484. The summed E-state index contributed by atoms with van der Waals surface area (Å²) in [7, 11) is 1.57. The third-order valence-corrected chi connectivity index (χ3v) is 5.42. The van der Waals surface area contributed by atoms with Crippen LogP contribution in [0.5, 0.6) is 0 Å². The van der Waals surface area contributed by atoms with Crippen LogP contribution in [0.1, 0.15) is 17.5 Å². The molecule has 3 rings (SSSR count). The van der Waals surface area contributed by atoms with E-state index in [1.165, 1.54) is 20.5 Å². The van der Waals surface area contributed by atoms with Gasteiger partial charge in [-0.2, -0.15) is 0 Å². The van der Waals surface area contributed by atoms with Gasteiger partial charge in [-0.15, -0.1) is 11.3 Å². The van der Waals surface area contributed by atoms with Gasteiger partial charge in [-0.25, -0.2) is 4.79 Å². The number of hydrogen-bond donors (Lipinski definition) is 1. The van der Waals surface area contributed by atoms with Gasteiger partial charge in [0.2, 0.25) is 5.91 Å². The van der Waals surface area contributed by atoms with Crippen molar-refractivity contribution in [2.75, 3.05) is 19.0 Å². The number of ether oxygens (including phenoxy) is 1. The van der Waals surface area contributed by atoms with Crippen molar-refractivity contribution in [3.8, 4) is 0 Å². The monoisotopic (exact) mass is 401 g/mol. The van der Waals surface area contributed by atoms with Crippen molar-refractivity contribution >= 4 is 33.1 Å². The smallest absolute Gasteiger partial charge is 0.332 e. The van der Waals surface area contributed by atoms with Crippen molar-refractivity contribution in [1.82, 2.24) is 9.13 Å². The molecule has 0 aliphatic rings. The van der Waals surface area contributed by atoms with Crippen LogP contribution in [0.25, 0.3) is 10.2 Å². The van der Waals surface area contributed by atoms with E-state index in [0.29, 0.717) is 28.9 Å². The molecular formula is C20H23N3O4S. The van der Waals surface area contributed by atoms with Gasteiger partial charge in [0.1, 0.15) is 11.2 Å². The van der Waals surface area contributed by atoms with Gasteiger partial charge >= 0.3 is 5.69 Å². The molecule has 0 fully saturated rings. The summed E-state index contributed by atoms with van der Waals surface area (Å²) in [5, 5.41) is 4.61. The van der Waals surface area contributed by atoms with Crippen LogP contribution >= 0.6 is 11.3 Å². The summed E-state index contributed by atoms with van der Waals surface area (Å²) in [6, 6.07) is 7.45. The number of rotatable bonds is 7. The molecule has 148 valence electrons. The summed E-state index contributed by atoms with van der Waals surface area (Å²) in [4.78, 5) is 38.2. The molecule has 1 N–H and O–H groups in total. The maximum atomic E-state index is 12.9.